The molecular formula is C16H18INO2S. The highest BCUT2D eigenvalue weighted by molar-refractivity contribution is 14.1. The van der Waals surface area contributed by atoms with Crippen LogP contribution in [0.2, 0.25) is 0 Å². The lowest BCUT2D eigenvalue weighted by Crippen LogP contribution is -2.02. The SMILES string of the molecule is COc1cc(CNc2ccc(I)cc2)c(SC)cc1OC. The highest BCUT2D eigenvalue weighted by atomic mass is 127. The minimum atomic E-state index is 0.747. The minimum absolute atomic E-state index is 0.747. The third-order valence-electron chi connectivity index (χ3n) is 3.11. The van der Waals surface area contributed by atoms with Crippen LogP contribution < -0.4 is 14.8 Å². The lowest BCUT2D eigenvalue weighted by atomic mass is 10.2. The van der Waals surface area contributed by atoms with Crippen LogP contribution in [-0.2, 0) is 6.54 Å². The number of anilines is 1. The van der Waals surface area contributed by atoms with Gasteiger partial charge in [0.25, 0.3) is 0 Å². The molecule has 2 rings (SSSR count). The molecule has 0 fully saturated rings. The fourth-order valence-electron chi connectivity index (χ4n) is 2.00. The summed E-state index contributed by atoms with van der Waals surface area (Å²) in [7, 11) is 3.32. The van der Waals surface area contributed by atoms with Crippen molar-refractivity contribution in [1.29, 1.82) is 0 Å². The second-order valence-corrected chi connectivity index (χ2v) is 6.47. The van der Waals surface area contributed by atoms with Crippen LogP contribution in [0.15, 0.2) is 41.3 Å². The van der Waals surface area contributed by atoms with Gasteiger partial charge in [0.2, 0.25) is 0 Å². The number of hydrogen-bond donors (Lipinski definition) is 1. The Hall–Kier alpha value is -1.08. The molecule has 0 radical (unpaired) electrons. The maximum Gasteiger partial charge on any atom is 0.161 e. The van der Waals surface area contributed by atoms with E-state index in [9.17, 15) is 0 Å². The van der Waals surface area contributed by atoms with Gasteiger partial charge >= 0.3 is 0 Å². The number of ether oxygens (including phenoxy) is 2. The molecule has 0 atom stereocenters. The standard InChI is InChI=1S/C16H18INO2S/c1-19-14-8-11(16(21-3)9-15(14)20-2)10-18-13-6-4-12(17)5-7-13/h4-9,18H,10H2,1-3H3. The largest absolute Gasteiger partial charge is 0.493 e. The van der Waals surface area contributed by atoms with E-state index in [1.165, 1.54) is 14.0 Å². The Morgan fingerprint density at radius 3 is 2.24 bits per heavy atom. The molecule has 3 nitrogen and oxygen atoms in total. The Bertz CT molecular complexity index is 602. The van der Waals surface area contributed by atoms with Crippen LogP contribution in [0, 0.1) is 3.57 Å². The normalized spacial score (nSPS) is 10.3. The summed E-state index contributed by atoms with van der Waals surface area (Å²) in [6, 6.07) is 12.4. The van der Waals surface area contributed by atoms with Crippen LogP contribution >= 0.6 is 34.4 Å². The Morgan fingerprint density at radius 1 is 1.05 bits per heavy atom. The molecule has 0 aliphatic rings. The van der Waals surface area contributed by atoms with E-state index in [4.69, 9.17) is 9.47 Å². The predicted molar refractivity (Wildman–Crippen MR) is 97.8 cm³/mol. The lowest BCUT2D eigenvalue weighted by molar-refractivity contribution is 0.353. The number of rotatable bonds is 6. The minimum Gasteiger partial charge on any atom is -0.493 e. The van der Waals surface area contributed by atoms with Gasteiger partial charge in [-0.25, -0.2) is 0 Å². The molecule has 5 heteroatoms. The molecule has 0 heterocycles. The summed E-state index contributed by atoms with van der Waals surface area (Å²) in [5.41, 5.74) is 2.30. The summed E-state index contributed by atoms with van der Waals surface area (Å²) in [6.45, 7) is 0.747. The molecule has 0 aliphatic carbocycles. The summed E-state index contributed by atoms with van der Waals surface area (Å²) in [5.74, 6) is 1.52. The smallest absolute Gasteiger partial charge is 0.161 e. The van der Waals surface area contributed by atoms with E-state index in [1.54, 1.807) is 26.0 Å². The molecule has 2 aromatic carbocycles. The molecule has 1 N–H and O–H groups in total. The first kappa shape index (κ1) is 16.3. The molecule has 112 valence electrons. The Balaban J connectivity index is 2.20. The zero-order valence-corrected chi connectivity index (χ0v) is 15.2. The quantitative estimate of drug-likeness (QED) is 0.550. The van der Waals surface area contributed by atoms with E-state index in [0.717, 1.165) is 23.7 Å². The first-order valence-corrected chi connectivity index (χ1v) is 8.76. The van der Waals surface area contributed by atoms with Crippen LogP contribution in [0.3, 0.4) is 0 Å². The topological polar surface area (TPSA) is 30.5 Å². The molecule has 0 saturated carbocycles. The van der Waals surface area contributed by atoms with Gasteiger partial charge in [-0.05, 0) is 70.8 Å². The summed E-state index contributed by atoms with van der Waals surface area (Å²) >= 11 is 4.01. The van der Waals surface area contributed by atoms with Crippen molar-refractivity contribution in [2.24, 2.45) is 0 Å². The molecule has 0 amide bonds. The first-order chi connectivity index (χ1) is 10.2. The van der Waals surface area contributed by atoms with Gasteiger partial charge in [0.1, 0.15) is 0 Å². The van der Waals surface area contributed by atoms with Crippen LogP contribution in [0.1, 0.15) is 5.56 Å². The van der Waals surface area contributed by atoms with E-state index >= 15 is 0 Å². The summed E-state index contributed by atoms with van der Waals surface area (Å²) in [4.78, 5) is 1.19. The van der Waals surface area contributed by atoms with E-state index < -0.39 is 0 Å². The van der Waals surface area contributed by atoms with Gasteiger partial charge in [0.05, 0.1) is 14.2 Å². The average Bonchev–Trinajstić information content (AvgIpc) is 2.53. The lowest BCUT2D eigenvalue weighted by Gasteiger charge is -2.14. The molecule has 21 heavy (non-hydrogen) atoms. The maximum atomic E-state index is 5.38. The van der Waals surface area contributed by atoms with Crippen LogP contribution in [0.25, 0.3) is 0 Å². The predicted octanol–water partition coefficient (Wildman–Crippen LogP) is 4.64. The van der Waals surface area contributed by atoms with Crippen molar-refractivity contribution in [1.82, 2.24) is 0 Å². The molecule has 0 aromatic heterocycles. The summed E-state index contributed by atoms with van der Waals surface area (Å²) in [5, 5.41) is 3.44. The van der Waals surface area contributed by atoms with Crippen molar-refractivity contribution in [3.63, 3.8) is 0 Å². The van der Waals surface area contributed by atoms with Crippen molar-refractivity contribution in [3.05, 3.63) is 45.5 Å². The first-order valence-electron chi connectivity index (χ1n) is 6.46. The number of methoxy groups -OCH3 is 2. The van der Waals surface area contributed by atoms with E-state index in [2.05, 4.69) is 58.4 Å². The number of thioether (sulfide) groups is 1. The molecule has 0 aliphatic heterocycles. The summed E-state index contributed by atoms with van der Waals surface area (Å²) in [6.07, 6.45) is 2.07. The Morgan fingerprint density at radius 2 is 1.67 bits per heavy atom. The highest BCUT2D eigenvalue weighted by Gasteiger charge is 2.10. The highest BCUT2D eigenvalue weighted by Crippen LogP contribution is 2.34. The van der Waals surface area contributed by atoms with Crippen molar-refractivity contribution < 1.29 is 9.47 Å². The van der Waals surface area contributed by atoms with Gasteiger partial charge in [-0.3, -0.25) is 0 Å². The van der Waals surface area contributed by atoms with Crippen LogP contribution in [-0.4, -0.2) is 20.5 Å². The molecule has 0 spiro atoms. The van der Waals surface area contributed by atoms with Crippen molar-refractivity contribution in [3.8, 4) is 11.5 Å². The molecule has 2 aromatic rings. The van der Waals surface area contributed by atoms with Crippen LogP contribution in [0.4, 0.5) is 5.69 Å². The molecule has 0 saturated heterocycles. The Kier molecular flexibility index (Phi) is 6.05. The van der Waals surface area contributed by atoms with Gasteiger partial charge in [0.15, 0.2) is 11.5 Å². The van der Waals surface area contributed by atoms with Crippen molar-refractivity contribution in [2.75, 3.05) is 25.8 Å². The fourth-order valence-corrected chi connectivity index (χ4v) is 2.97. The van der Waals surface area contributed by atoms with Crippen LogP contribution in [0.5, 0.6) is 11.5 Å². The van der Waals surface area contributed by atoms with Gasteiger partial charge < -0.3 is 14.8 Å². The summed E-state index contributed by atoms with van der Waals surface area (Å²) < 4.78 is 12.0. The Labute approximate surface area is 143 Å². The maximum absolute atomic E-state index is 5.38. The zero-order chi connectivity index (χ0) is 15.2. The zero-order valence-electron chi connectivity index (χ0n) is 12.3. The number of halogens is 1. The third kappa shape index (κ3) is 4.20. The number of nitrogens with one attached hydrogen (secondary N) is 1. The van der Waals surface area contributed by atoms with Gasteiger partial charge in [0, 0.05) is 20.7 Å². The van der Waals surface area contributed by atoms with E-state index in [1.807, 2.05) is 12.1 Å². The second kappa shape index (κ2) is 7.79. The van der Waals surface area contributed by atoms with E-state index in [0.29, 0.717) is 0 Å². The second-order valence-electron chi connectivity index (χ2n) is 4.38. The van der Waals surface area contributed by atoms with Crippen molar-refractivity contribution in [2.45, 2.75) is 11.4 Å². The molecule has 0 bridgehead atoms. The third-order valence-corrected chi connectivity index (χ3v) is 4.65. The fraction of sp³-hybridized carbons (Fsp3) is 0.250. The number of hydrogen-bond acceptors (Lipinski definition) is 4. The molecule has 0 unspecified atom stereocenters. The number of benzene rings is 2. The van der Waals surface area contributed by atoms with E-state index in [-0.39, 0.29) is 0 Å². The monoisotopic (exact) mass is 415 g/mol. The average molecular weight is 415 g/mol. The van der Waals surface area contributed by atoms with Gasteiger partial charge in [-0.15, -0.1) is 11.8 Å². The van der Waals surface area contributed by atoms with Gasteiger partial charge in [-0.1, -0.05) is 0 Å². The molecular weight excluding hydrogens is 397 g/mol. The van der Waals surface area contributed by atoms with Gasteiger partial charge in [-0.2, -0.15) is 0 Å². The van der Waals surface area contributed by atoms with Crippen molar-refractivity contribution >= 4 is 40.0 Å².